The predicted molar refractivity (Wildman–Crippen MR) is 87.9 cm³/mol. The highest BCUT2D eigenvalue weighted by atomic mass is 35.5. The second-order valence-corrected chi connectivity index (χ2v) is 5.73. The van der Waals surface area contributed by atoms with E-state index in [2.05, 4.69) is 12.2 Å². The lowest BCUT2D eigenvalue weighted by Crippen LogP contribution is -2.23. The highest BCUT2D eigenvalue weighted by Gasteiger charge is 2.17. The number of nitrogens with one attached hydrogen (secondary N) is 1. The number of rotatable bonds is 6. The van der Waals surface area contributed by atoms with Crippen LogP contribution < -0.4 is 5.32 Å². The lowest BCUT2D eigenvalue weighted by atomic mass is 9.91. The summed E-state index contributed by atoms with van der Waals surface area (Å²) in [6.45, 7) is 3.70. The summed E-state index contributed by atoms with van der Waals surface area (Å²) in [6, 6.07) is 12.7. The molecule has 0 saturated heterocycles. The SMILES string of the molecule is CCNCC(Cc1cccc(F)c1Cl)c1ccccc1Cl. The van der Waals surface area contributed by atoms with Crippen molar-refractivity contribution in [1.29, 1.82) is 0 Å². The van der Waals surface area contributed by atoms with Crippen LogP contribution in [0.4, 0.5) is 4.39 Å². The first-order chi connectivity index (χ1) is 10.1. The minimum atomic E-state index is -0.379. The van der Waals surface area contributed by atoms with Gasteiger partial charge in [0, 0.05) is 17.5 Å². The number of likely N-dealkylation sites (N-methyl/N-ethyl adjacent to an activating group) is 1. The van der Waals surface area contributed by atoms with Crippen LogP contribution in [0.3, 0.4) is 0 Å². The van der Waals surface area contributed by atoms with Crippen molar-refractivity contribution in [1.82, 2.24) is 5.32 Å². The van der Waals surface area contributed by atoms with Crippen molar-refractivity contribution in [2.75, 3.05) is 13.1 Å². The molecule has 1 atom stereocenters. The van der Waals surface area contributed by atoms with Gasteiger partial charge in [-0.1, -0.05) is 60.5 Å². The molecule has 2 rings (SSSR count). The van der Waals surface area contributed by atoms with Crippen LogP contribution >= 0.6 is 23.2 Å². The summed E-state index contributed by atoms with van der Waals surface area (Å²) in [6.07, 6.45) is 0.646. The van der Waals surface area contributed by atoms with Crippen LogP contribution in [0.25, 0.3) is 0 Å². The third kappa shape index (κ3) is 4.19. The fraction of sp³-hybridized carbons (Fsp3) is 0.294. The van der Waals surface area contributed by atoms with Gasteiger partial charge in [-0.15, -0.1) is 0 Å². The first-order valence-electron chi connectivity index (χ1n) is 7.01. The Hall–Kier alpha value is -1.09. The zero-order valence-electron chi connectivity index (χ0n) is 11.9. The van der Waals surface area contributed by atoms with E-state index < -0.39 is 0 Å². The molecule has 0 aromatic heterocycles. The second kappa shape index (κ2) is 7.79. The molecule has 0 aliphatic carbocycles. The molecular weight excluding hydrogens is 308 g/mol. The van der Waals surface area contributed by atoms with E-state index >= 15 is 0 Å². The summed E-state index contributed by atoms with van der Waals surface area (Å²) in [5, 5.41) is 4.26. The summed E-state index contributed by atoms with van der Waals surface area (Å²) in [4.78, 5) is 0. The fourth-order valence-electron chi connectivity index (χ4n) is 2.39. The van der Waals surface area contributed by atoms with E-state index in [4.69, 9.17) is 23.2 Å². The van der Waals surface area contributed by atoms with Gasteiger partial charge in [0.1, 0.15) is 5.82 Å². The molecule has 0 aliphatic heterocycles. The maximum Gasteiger partial charge on any atom is 0.142 e. The molecule has 112 valence electrons. The number of halogens is 3. The Balaban J connectivity index is 2.28. The highest BCUT2D eigenvalue weighted by molar-refractivity contribution is 6.31. The molecule has 0 radical (unpaired) electrons. The van der Waals surface area contributed by atoms with Crippen LogP contribution in [0, 0.1) is 5.82 Å². The monoisotopic (exact) mass is 325 g/mol. The topological polar surface area (TPSA) is 12.0 Å². The van der Waals surface area contributed by atoms with Gasteiger partial charge in [0.25, 0.3) is 0 Å². The minimum Gasteiger partial charge on any atom is -0.316 e. The Kier molecular flexibility index (Phi) is 6.04. The molecule has 1 nitrogen and oxygen atoms in total. The van der Waals surface area contributed by atoms with Gasteiger partial charge in [-0.3, -0.25) is 0 Å². The summed E-state index contributed by atoms with van der Waals surface area (Å²) in [5.74, 6) is -0.228. The molecule has 0 fully saturated rings. The summed E-state index contributed by atoms with van der Waals surface area (Å²) in [7, 11) is 0. The minimum absolute atomic E-state index is 0.151. The van der Waals surface area contributed by atoms with Crippen molar-refractivity contribution in [3.63, 3.8) is 0 Å². The van der Waals surface area contributed by atoms with Crippen LogP contribution in [0.5, 0.6) is 0 Å². The number of hydrogen-bond donors (Lipinski definition) is 1. The lowest BCUT2D eigenvalue weighted by molar-refractivity contribution is 0.589. The van der Waals surface area contributed by atoms with E-state index in [-0.39, 0.29) is 16.8 Å². The van der Waals surface area contributed by atoms with E-state index in [0.717, 1.165) is 29.2 Å². The normalized spacial score (nSPS) is 12.4. The molecule has 4 heteroatoms. The molecule has 1 N–H and O–H groups in total. The van der Waals surface area contributed by atoms with Crippen LogP contribution in [0.1, 0.15) is 24.0 Å². The van der Waals surface area contributed by atoms with Gasteiger partial charge >= 0.3 is 0 Å². The molecule has 0 saturated carbocycles. The third-order valence-electron chi connectivity index (χ3n) is 3.48. The summed E-state index contributed by atoms with van der Waals surface area (Å²) in [5.41, 5.74) is 1.86. The number of hydrogen-bond acceptors (Lipinski definition) is 1. The summed E-state index contributed by atoms with van der Waals surface area (Å²) < 4.78 is 13.6. The first kappa shape index (κ1) is 16.3. The second-order valence-electron chi connectivity index (χ2n) is 4.94. The molecule has 2 aromatic carbocycles. The Bertz CT molecular complexity index is 601. The molecule has 21 heavy (non-hydrogen) atoms. The zero-order chi connectivity index (χ0) is 15.2. The Morgan fingerprint density at radius 1 is 1.10 bits per heavy atom. The molecular formula is C17H18Cl2FN. The maximum atomic E-state index is 13.6. The van der Waals surface area contributed by atoms with Gasteiger partial charge in [-0.05, 0) is 36.2 Å². The largest absolute Gasteiger partial charge is 0.316 e. The van der Waals surface area contributed by atoms with Crippen LogP contribution in [0.2, 0.25) is 10.0 Å². The van der Waals surface area contributed by atoms with E-state index in [1.165, 1.54) is 6.07 Å². The van der Waals surface area contributed by atoms with E-state index in [1.807, 2.05) is 30.3 Å². The van der Waals surface area contributed by atoms with E-state index in [1.54, 1.807) is 6.07 Å². The van der Waals surface area contributed by atoms with Crippen LogP contribution in [0.15, 0.2) is 42.5 Å². The van der Waals surface area contributed by atoms with Crippen molar-refractivity contribution < 1.29 is 4.39 Å². The molecule has 0 bridgehead atoms. The molecule has 0 spiro atoms. The zero-order valence-corrected chi connectivity index (χ0v) is 13.4. The molecule has 0 amide bonds. The van der Waals surface area contributed by atoms with Crippen molar-refractivity contribution in [3.05, 3.63) is 69.5 Å². The van der Waals surface area contributed by atoms with Gasteiger partial charge in [0.15, 0.2) is 0 Å². The molecule has 0 heterocycles. The van der Waals surface area contributed by atoms with Crippen molar-refractivity contribution in [2.45, 2.75) is 19.3 Å². The smallest absolute Gasteiger partial charge is 0.142 e. The Morgan fingerprint density at radius 2 is 1.86 bits per heavy atom. The maximum absolute atomic E-state index is 13.6. The third-order valence-corrected chi connectivity index (χ3v) is 4.25. The van der Waals surface area contributed by atoms with Gasteiger partial charge in [0.2, 0.25) is 0 Å². The standard InChI is InChI=1S/C17H18Cl2FN/c1-2-21-11-13(14-7-3-4-8-15(14)18)10-12-6-5-9-16(20)17(12)19/h3-9,13,21H,2,10-11H2,1H3. The fourth-order valence-corrected chi connectivity index (χ4v) is 2.88. The lowest BCUT2D eigenvalue weighted by Gasteiger charge is -2.20. The molecule has 0 aliphatic rings. The van der Waals surface area contributed by atoms with Gasteiger partial charge in [-0.25, -0.2) is 4.39 Å². The van der Waals surface area contributed by atoms with Gasteiger partial charge in [-0.2, -0.15) is 0 Å². The van der Waals surface area contributed by atoms with Crippen molar-refractivity contribution in [2.24, 2.45) is 0 Å². The molecule has 2 aromatic rings. The average Bonchev–Trinajstić information content (AvgIpc) is 2.48. The summed E-state index contributed by atoms with van der Waals surface area (Å²) >= 11 is 12.4. The average molecular weight is 326 g/mol. The first-order valence-corrected chi connectivity index (χ1v) is 7.77. The van der Waals surface area contributed by atoms with Gasteiger partial charge < -0.3 is 5.32 Å². The van der Waals surface area contributed by atoms with E-state index in [9.17, 15) is 4.39 Å². The Morgan fingerprint density at radius 3 is 2.57 bits per heavy atom. The van der Waals surface area contributed by atoms with Crippen LogP contribution in [-0.2, 0) is 6.42 Å². The van der Waals surface area contributed by atoms with Crippen molar-refractivity contribution in [3.8, 4) is 0 Å². The van der Waals surface area contributed by atoms with Crippen LogP contribution in [-0.4, -0.2) is 13.1 Å². The number of benzene rings is 2. The predicted octanol–water partition coefficient (Wildman–Crippen LogP) is 5.07. The Labute approximate surface area is 135 Å². The quantitative estimate of drug-likeness (QED) is 0.782. The van der Waals surface area contributed by atoms with E-state index in [0.29, 0.717) is 6.42 Å². The van der Waals surface area contributed by atoms with Gasteiger partial charge in [0.05, 0.1) is 5.02 Å². The van der Waals surface area contributed by atoms with Crippen molar-refractivity contribution >= 4 is 23.2 Å². The molecule has 1 unspecified atom stereocenters. The highest BCUT2D eigenvalue weighted by Crippen LogP contribution is 2.30.